The van der Waals surface area contributed by atoms with Gasteiger partial charge in [0.2, 0.25) is 0 Å². The standard InChI is InChI=1S/C21H26O2/c1-6-16(3)17-9-11-18(12-10-17)20(22)23-21(4,5)19-13-7-15(2)8-14-19/h7-14,16H,6H2,1-5H3. The van der Waals surface area contributed by atoms with E-state index in [1.807, 2.05) is 69.3 Å². The van der Waals surface area contributed by atoms with Crippen LogP contribution in [-0.2, 0) is 10.3 Å². The van der Waals surface area contributed by atoms with E-state index in [0.29, 0.717) is 11.5 Å². The van der Waals surface area contributed by atoms with Gasteiger partial charge >= 0.3 is 5.97 Å². The first-order chi connectivity index (χ1) is 10.8. The zero-order chi connectivity index (χ0) is 17.0. The number of ether oxygens (including phenoxy) is 1. The Balaban J connectivity index is 2.12. The Hall–Kier alpha value is -2.09. The third-order valence-corrected chi connectivity index (χ3v) is 4.42. The lowest BCUT2D eigenvalue weighted by molar-refractivity contribution is -0.00312. The Labute approximate surface area is 139 Å². The maximum atomic E-state index is 12.4. The minimum absolute atomic E-state index is 0.286. The second-order valence-electron chi connectivity index (χ2n) is 6.70. The van der Waals surface area contributed by atoms with Gasteiger partial charge in [0.05, 0.1) is 5.56 Å². The van der Waals surface area contributed by atoms with Gasteiger partial charge in [-0.15, -0.1) is 0 Å². The number of benzene rings is 2. The number of rotatable bonds is 5. The summed E-state index contributed by atoms with van der Waals surface area (Å²) in [5.74, 6) is 0.218. The van der Waals surface area contributed by atoms with Gasteiger partial charge in [-0.3, -0.25) is 0 Å². The summed E-state index contributed by atoms with van der Waals surface area (Å²) >= 11 is 0. The molecular formula is C21H26O2. The maximum absolute atomic E-state index is 12.4. The highest BCUT2D eigenvalue weighted by molar-refractivity contribution is 5.89. The first kappa shape index (κ1) is 17.3. The molecule has 0 saturated carbocycles. The predicted octanol–water partition coefficient (Wildman–Crippen LogP) is 5.60. The van der Waals surface area contributed by atoms with E-state index in [1.54, 1.807) is 0 Å². The van der Waals surface area contributed by atoms with Gasteiger partial charge < -0.3 is 4.74 Å². The second-order valence-corrected chi connectivity index (χ2v) is 6.70. The Morgan fingerprint density at radius 1 is 1.04 bits per heavy atom. The fourth-order valence-electron chi connectivity index (χ4n) is 2.49. The highest BCUT2D eigenvalue weighted by Gasteiger charge is 2.26. The topological polar surface area (TPSA) is 26.3 Å². The lowest BCUT2D eigenvalue weighted by Gasteiger charge is -2.26. The predicted molar refractivity (Wildman–Crippen MR) is 94.8 cm³/mol. The van der Waals surface area contributed by atoms with E-state index in [1.165, 1.54) is 11.1 Å². The van der Waals surface area contributed by atoms with Crippen LogP contribution in [0.4, 0.5) is 0 Å². The molecule has 2 aromatic carbocycles. The summed E-state index contributed by atoms with van der Waals surface area (Å²) in [7, 11) is 0. The fraction of sp³-hybridized carbons (Fsp3) is 0.381. The van der Waals surface area contributed by atoms with Gasteiger partial charge in [0.25, 0.3) is 0 Å². The molecule has 2 rings (SSSR count). The molecule has 0 N–H and O–H groups in total. The minimum Gasteiger partial charge on any atom is -0.451 e. The number of aryl methyl sites for hydroxylation is 1. The molecule has 1 atom stereocenters. The fourth-order valence-corrected chi connectivity index (χ4v) is 2.49. The average Bonchev–Trinajstić information content (AvgIpc) is 2.54. The Morgan fingerprint density at radius 2 is 1.61 bits per heavy atom. The zero-order valence-electron chi connectivity index (χ0n) is 14.7. The van der Waals surface area contributed by atoms with Gasteiger partial charge in [0, 0.05) is 0 Å². The number of hydrogen-bond donors (Lipinski definition) is 0. The molecule has 1 unspecified atom stereocenters. The van der Waals surface area contributed by atoms with Crippen molar-refractivity contribution >= 4 is 5.97 Å². The molecule has 0 aliphatic heterocycles. The van der Waals surface area contributed by atoms with Gasteiger partial charge in [-0.1, -0.05) is 55.8 Å². The molecule has 0 spiro atoms. The van der Waals surface area contributed by atoms with Crippen LogP contribution in [0.15, 0.2) is 48.5 Å². The van der Waals surface area contributed by atoms with Crippen LogP contribution in [0.25, 0.3) is 0 Å². The van der Waals surface area contributed by atoms with Crippen LogP contribution in [0, 0.1) is 6.92 Å². The van der Waals surface area contributed by atoms with Crippen molar-refractivity contribution in [3.05, 3.63) is 70.8 Å². The molecule has 2 heteroatoms. The van der Waals surface area contributed by atoms with Crippen LogP contribution in [0.2, 0.25) is 0 Å². The first-order valence-corrected chi connectivity index (χ1v) is 8.24. The maximum Gasteiger partial charge on any atom is 0.338 e. The van der Waals surface area contributed by atoms with Gasteiger partial charge in [0.1, 0.15) is 5.60 Å². The van der Waals surface area contributed by atoms with Crippen LogP contribution < -0.4 is 0 Å². The van der Waals surface area contributed by atoms with Crippen LogP contribution >= 0.6 is 0 Å². The molecule has 0 aromatic heterocycles. The molecule has 0 saturated heterocycles. The SMILES string of the molecule is CCC(C)c1ccc(C(=O)OC(C)(C)c2ccc(C)cc2)cc1. The number of esters is 1. The average molecular weight is 310 g/mol. The summed E-state index contributed by atoms with van der Waals surface area (Å²) < 4.78 is 5.74. The molecular weight excluding hydrogens is 284 g/mol. The van der Waals surface area contributed by atoms with Crippen molar-refractivity contribution in [2.24, 2.45) is 0 Å². The summed E-state index contributed by atoms with van der Waals surface area (Å²) in [4.78, 5) is 12.4. The molecule has 23 heavy (non-hydrogen) atoms. The van der Waals surface area contributed by atoms with E-state index in [-0.39, 0.29) is 5.97 Å². The second kappa shape index (κ2) is 6.99. The monoisotopic (exact) mass is 310 g/mol. The molecule has 0 aliphatic carbocycles. The lowest BCUT2D eigenvalue weighted by Crippen LogP contribution is -2.25. The molecule has 0 amide bonds. The quantitative estimate of drug-likeness (QED) is 0.672. The van der Waals surface area contributed by atoms with Crippen molar-refractivity contribution in [3.63, 3.8) is 0 Å². The molecule has 122 valence electrons. The van der Waals surface area contributed by atoms with E-state index >= 15 is 0 Å². The van der Waals surface area contributed by atoms with E-state index in [4.69, 9.17) is 4.74 Å². The molecule has 0 heterocycles. The van der Waals surface area contributed by atoms with E-state index in [9.17, 15) is 4.79 Å². The summed E-state index contributed by atoms with van der Waals surface area (Å²) in [5, 5.41) is 0. The summed E-state index contributed by atoms with van der Waals surface area (Å²) in [5.41, 5.74) is 3.38. The van der Waals surface area contributed by atoms with E-state index in [2.05, 4.69) is 13.8 Å². The van der Waals surface area contributed by atoms with Crippen LogP contribution in [0.5, 0.6) is 0 Å². The highest BCUT2D eigenvalue weighted by Crippen LogP contribution is 2.27. The van der Waals surface area contributed by atoms with Crippen molar-refractivity contribution in [1.82, 2.24) is 0 Å². The van der Waals surface area contributed by atoms with Crippen molar-refractivity contribution < 1.29 is 9.53 Å². The summed E-state index contributed by atoms with van der Waals surface area (Å²) in [6, 6.07) is 15.8. The van der Waals surface area contributed by atoms with Crippen LogP contribution in [0.3, 0.4) is 0 Å². The van der Waals surface area contributed by atoms with Gasteiger partial charge in [-0.25, -0.2) is 4.79 Å². The normalized spacial score (nSPS) is 12.7. The van der Waals surface area contributed by atoms with E-state index in [0.717, 1.165) is 12.0 Å². The first-order valence-electron chi connectivity index (χ1n) is 8.24. The lowest BCUT2D eigenvalue weighted by atomic mass is 9.96. The molecule has 0 aliphatic rings. The minimum atomic E-state index is -0.653. The summed E-state index contributed by atoms with van der Waals surface area (Å²) in [6.45, 7) is 10.2. The van der Waals surface area contributed by atoms with Crippen molar-refractivity contribution in [3.8, 4) is 0 Å². The molecule has 0 bridgehead atoms. The Kier molecular flexibility index (Phi) is 5.25. The third kappa shape index (κ3) is 4.22. The van der Waals surface area contributed by atoms with Crippen molar-refractivity contribution in [1.29, 1.82) is 0 Å². The number of carbonyl (C=O) groups is 1. The Morgan fingerprint density at radius 3 is 2.13 bits per heavy atom. The highest BCUT2D eigenvalue weighted by atomic mass is 16.6. The van der Waals surface area contributed by atoms with Gasteiger partial charge in [-0.2, -0.15) is 0 Å². The third-order valence-electron chi connectivity index (χ3n) is 4.42. The van der Waals surface area contributed by atoms with Crippen LogP contribution in [-0.4, -0.2) is 5.97 Å². The smallest absolute Gasteiger partial charge is 0.338 e. The van der Waals surface area contributed by atoms with Gasteiger partial charge in [-0.05, 0) is 56.4 Å². The molecule has 2 nitrogen and oxygen atoms in total. The van der Waals surface area contributed by atoms with Gasteiger partial charge in [0.15, 0.2) is 0 Å². The summed E-state index contributed by atoms with van der Waals surface area (Å²) in [6.07, 6.45) is 1.09. The number of hydrogen-bond acceptors (Lipinski definition) is 2. The molecule has 0 radical (unpaired) electrons. The molecule has 0 fully saturated rings. The van der Waals surface area contributed by atoms with Crippen LogP contribution in [0.1, 0.15) is 67.1 Å². The van der Waals surface area contributed by atoms with Crippen molar-refractivity contribution in [2.45, 2.75) is 52.6 Å². The Bertz CT molecular complexity index is 651. The largest absolute Gasteiger partial charge is 0.451 e. The van der Waals surface area contributed by atoms with E-state index < -0.39 is 5.60 Å². The molecule has 2 aromatic rings. The van der Waals surface area contributed by atoms with Crippen molar-refractivity contribution in [2.75, 3.05) is 0 Å². The number of carbonyl (C=O) groups excluding carboxylic acids is 1. The zero-order valence-corrected chi connectivity index (χ0v) is 14.7.